The fourth-order valence-corrected chi connectivity index (χ4v) is 3.17. The first-order valence-corrected chi connectivity index (χ1v) is 7.37. The number of amides is 2. The monoisotopic (exact) mass is 288 g/mol. The molecule has 0 bridgehead atoms. The molecule has 2 unspecified atom stereocenters. The van der Waals surface area contributed by atoms with E-state index >= 15 is 0 Å². The molecular formula is C12H20N2O4S. The van der Waals surface area contributed by atoms with Gasteiger partial charge in [-0.05, 0) is 25.5 Å². The molecule has 1 rings (SSSR count). The number of carboxylic acids is 1. The molecule has 1 saturated heterocycles. The van der Waals surface area contributed by atoms with Gasteiger partial charge in [0.2, 0.25) is 11.8 Å². The molecule has 0 aliphatic carbocycles. The van der Waals surface area contributed by atoms with Crippen molar-refractivity contribution in [1.29, 1.82) is 0 Å². The molecule has 0 radical (unpaired) electrons. The lowest BCUT2D eigenvalue weighted by Gasteiger charge is -2.28. The van der Waals surface area contributed by atoms with Crippen molar-refractivity contribution < 1.29 is 19.5 Å². The highest BCUT2D eigenvalue weighted by atomic mass is 32.2. The zero-order chi connectivity index (χ0) is 14.4. The molecule has 2 atom stereocenters. The summed E-state index contributed by atoms with van der Waals surface area (Å²) < 4.78 is 0. The maximum Gasteiger partial charge on any atom is 0.326 e. The van der Waals surface area contributed by atoms with Gasteiger partial charge >= 0.3 is 5.97 Å². The van der Waals surface area contributed by atoms with Gasteiger partial charge in [-0.1, -0.05) is 0 Å². The molecule has 2 N–H and O–H groups in total. The van der Waals surface area contributed by atoms with Gasteiger partial charge in [0.25, 0.3) is 0 Å². The molecule has 2 amide bonds. The molecule has 7 heteroatoms. The Morgan fingerprint density at radius 3 is 2.63 bits per heavy atom. The Morgan fingerprint density at radius 1 is 1.47 bits per heavy atom. The van der Waals surface area contributed by atoms with E-state index in [1.165, 1.54) is 18.7 Å². The molecule has 1 fully saturated rings. The fraction of sp³-hybridized carbons (Fsp3) is 0.750. The number of rotatable bonds is 6. The number of thioether (sulfide) groups is 1. The second kappa shape index (κ2) is 7.37. The molecule has 1 aliphatic heterocycles. The molecule has 0 spiro atoms. The lowest BCUT2D eigenvalue weighted by molar-refractivity contribution is -0.149. The van der Waals surface area contributed by atoms with Crippen LogP contribution in [0.15, 0.2) is 0 Å². The molecule has 1 heterocycles. The summed E-state index contributed by atoms with van der Waals surface area (Å²) in [5, 5.41) is 11.5. The molecular weight excluding hydrogens is 268 g/mol. The summed E-state index contributed by atoms with van der Waals surface area (Å²) in [6, 6.07) is -0.873. The second-order valence-electron chi connectivity index (χ2n) is 4.53. The van der Waals surface area contributed by atoms with Crippen molar-refractivity contribution in [3.8, 4) is 0 Å². The average Bonchev–Trinajstić information content (AvgIpc) is 2.86. The van der Waals surface area contributed by atoms with E-state index in [0.717, 1.165) is 18.6 Å². The van der Waals surface area contributed by atoms with Crippen LogP contribution in [-0.2, 0) is 14.4 Å². The van der Waals surface area contributed by atoms with E-state index in [2.05, 4.69) is 5.32 Å². The van der Waals surface area contributed by atoms with Gasteiger partial charge in [0.15, 0.2) is 0 Å². The van der Waals surface area contributed by atoms with Gasteiger partial charge in [0.1, 0.15) is 6.04 Å². The van der Waals surface area contributed by atoms with Crippen LogP contribution in [0.5, 0.6) is 0 Å². The maximum absolute atomic E-state index is 12.3. The third-order valence-corrected chi connectivity index (χ3v) is 4.40. The first kappa shape index (κ1) is 15.8. The number of nitrogens with one attached hydrogen (secondary N) is 1. The largest absolute Gasteiger partial charge is 0.480 e. The van der Waals surface area contributed by atoms with Crippen LogP contribution < -0.4 is 5.32 Å². The van der Waals surface area contributed by atoms with Gasteiger partial charge in [-0.15, -0.1) is 11.8 Å². The topological polar surface area (TPSA) is 86.7 Å². The molecule has 19 heavy (non-hydrogen) atoms. The maximum atomic E-state index is 12.3. The van der Waals surface area contributed by atoms with E-state index in [1.807, 2.05) is 0 Å². The normalized spacial score (nSPS) is 19.8. The van der Waals surface area contributed by atoms with Crippen LogP contribution in [0.3, 0.4) is 0 Å². The predicted molar refractivity (Wildman–Crippen MR) is 73.0 cm³/mol. The van der Waals surface area contributed by atoms with Gasteiger partial charge < -0.3 is 15.3 Å². The minimum absolute atomic E-state index is 0.136. The molecule has 108 valence electrons. The van der Waals surface area contributed by atoms with E-state index in [-0.39, 0.29) is 30.2 Å². The summed E-state index contributed by atoms with van der Waals surface area (Å²) in [4.78, 5) is 35.5. The SMILES string of the molecule is CC(=O)NCCN(C(=O)C1CCCS1)C(C)C(=O)O. The van der Waals surface area contributed by atoms with Crippen molar-refractivity contribution in [2.24, 2.45) is 0 Å². The summed E-state index contributed by atoms with van der Waals surface area (Å²) in [5.74, 6) is -0.412. The lowest BCUT2D eigenvalue weighted by Crippen LogP contribution is -2.49. The zero-order valence-electron chi connectivity index (χ0n) is 11.2. The third-order valence-electron chi connectivity index (χ3n) is 3.04. The van der Waals surface area contributed by atoms with E-state index < -0.39 is 12.0 Å². The summed E-state index contributed by atoms with van der Waals surface area (Å²) in [6.45, 7) is 3.38. The Hall–Kier alpha value is -1.24. The molecule has 0 saturated carbocycles. The van der Waals surface area contributed by atoms with Crippen LogP contribution >= 0.6 is 11.8 Å². The molecule has 0 aromatic heterocycles. The number of carboxylic acid groups (broad SMARTS) is 1. The van der Waals surface area contributed by atoms with E-state index in [0.29, 0.717) is 0 Å². The summed E-state index contributed by atoms with van der Waals surface area (Å²) >= 11 is 1.58. The number of hydrogen-bond donors (Lipinski definition) is 2. The van der Waals surface area contributed by atoms with Gasteiger partial charge in [0.05, 0.1) is 5.25 Å². The van der Waals surface area contributed by atoms with Gasteiger partial charge in [-0.25, -0.2) is 4.79 Å². The first-order valence-electron chi connectivity index (χ1n) is 6.32. The zero-order valence-corrected chi connectivity index (χ0v) is 12.0. The smallest absolute Gasteiger partial charge is 0.326 e. The summed E-state index contributed by atoms with van der Waals surface area (Å²) in [5.41, 5.74) is 0. The van der Waals surface area contributed by atoms with Crippen molar-refractivity contribution in [3.63, 3.8) is 0 Å². The number of carbonyl (C=O) groups is 3. The van der Waals surface area contributed by atoms with E-state index in [4.69, 9.17) is 5.11 Å². The Morgan fingerprint density at radius 2 is 2.16 bits per heavy atom. The average molecular weight is 288 g/mol. The highest BCUT2D eigenvalue weighted by molar-refractivity contribution is 8.00. The quantitative estimate of drug-likeness (QED) is 0.735. The summed E-state index contributed by atoms with van der Waals surface area (Å²) in [6.07, 6.45) is 1.79. The number of carbonyl (C=O) groups excluding carboxylic acids is 2. The van der Waals surface area contributed by atoms with Crippen LogP contribution in [0.1, 0.15) is 26.7 Å². The number of nitrogens with zero attached hydrogens (tertiary/aromatic N) is 1. The third kappa shape index (κ3) is 4.74. The Kier molecular flexibility index (Phi) is 6.14. The lowest BCUT2D eigenvalue weighted by atomic mass is 10.2. The molecule has 0 aromatic rings. The van der Waals surface area contributed by atoms with Crippen LogP contribution in [-0.4, -0.2) is 57.9 Å². The van der Waals surface area contributed by atoms with Crippen LogP contribution in [0, 0.1) is 0 Å². The number of hydrogen-bond acceptors (Lipinski definition) is 4. The summed E-state index contributed by atoms with van der Waals surface area (Å²) in [7, 11) is 0. The van der Waals surface area contributed by atoms with Crippen molar-refractivity contribution in [2.75, 3.05) is 18.8 Å². The first-order chi connectivity index (χ1) is 8.93. The van der Waals surface area contributed by atoms with Crippen molar-refractivity contribution in [2.45, 2.75) is 38.0 Å². The van der Waals surface area contributed by atoms with Crippen LogP contribution in [0.4, 0.5) is 0 Å². The van der Waals surface area contributed by atoms with Gasteiger partial charge in [0, 0.05) is 20.0 Å². The van der Waals surface area contributed by atoms with Crippen molar-refractivity contribution in [1.82, 2.24) is 10.2 Å². The molecule has 1 aliphatic rings. The predicted octanol–water partition coefficient (Wildman–Crippen LogP) is 0.320. The van der Waals surface area contributed by atoms with Crippen molar-refractivity contribution >= 4 is 29.5 Å². The van der Waals surface area contributed by atoms with Crippen LogP contribution in [0.2, 0.25) is 0 Å². The fourth-order valence-electron chi connectivity index (χ4n) is 1.94. The Labute approximate surface area is 116 Å². The highest BCUT2D eigenvalue weighted by Crippen LogP contribution is 2.28. The minimum Gasteiger partial charge on any atom is -0.480 e. The van der Waals surface area contributed by atoms with E-state index in [9.17, 15) is 14.4 Å². The van der Waals surface area contributed by atoms with Crippen LogP contribution in [0.25, 0.3) is 0 Å². The Balaban J connectivity index is 2.64. The number of aliphatic carboxylic acids is 1. The molecule has 0 aromatic carbocycles. The Bertz CT molecular complexity index is 356. The second-order valence-corrected chi connectivity index (χ2v) is 5.84. The highest BCUT2D eigenvalue weighted by Gasteiger charge is 2.32. The standard InChI is InChI=1S/C12H20N2O4S/c1-8(12(17)18)14(6-5-13-9(2)15)11(16)10-4-3-7-19-10/h8,10H,3-7H2,1-2H3,(H,13,15)(H,17,18). The van der Waals surface area contributed by atoms with E-state index in [1.54, 1.807) is 11.8 Å². The van der Waals surface area contributed by atoms with Crippen molar-refractivity contribution in [3.05, 3.63) is 0 Å². The van der Waals surface area contributed by atoms with Gasteiger partial charge in [-0.2, -0.15) is 0 Å². The van der Waals surface area contributed by atoms with Gasteiger partial charge in [-0.3, -0.25) is 9.59 Å². The minimum atomic E-state index is -1.03. The molecule has 6 nitrogen and oxygen atoms in total.